The first-order valence-electron chi connectivity index (χ1n) is 5.96. The van der Waals surface area contributed by atoms with Crippen LogP contribution in [0.4, 0.5) is 0 Å². The van der Waals surface area contributed by atoms with E-state index in [0.717, 1.165) is 4.57 Å². The summed E-state index contributed by atoms with van der Waals surface area (Å²) in [5.74, 6) is -1.52. The number of hydrogen-bond acceptors (Lipinski definition) is 6. The summed E-state index contributed by atoms with van der Waals surface area (Å²) >= 11 is 0. The van der Waals surface area contributed by atoms with Gasteiger partial charge in [0.1, 0.15) is 0 Å². The van der Waals surface area contributed by atoms with Gasteiger partial charge in [-0.05, 0) is 13.3 Å². The summed E-state index contributed by atoms with van der Waals surface area (Å²) in [4.78, 5) is 25.2. The summed E-state index contributed by atoms with van der Waals surface area (Å²) < 4.78 is 6.53. The number of aromatic amines is 1. The lowest BCUT2D eigenvalue weighted by Crippen LogP contribution is -2.50. The molecule has 0 amide bonds. The zero-order valence-electron chi connectivity index (χ0n) is 10.5. The number of hydrogen-bond donors (Lipinski definition) is 4. The Morgan fingerprint density at radius 1 is 1.63 bits per heavy atom. The van der Waals surface area contributed by atoms with Crippen molar-refractivity contribution >= 4 is 0 Å². The third-order valence-corrected chi connectivity index (χ3v) is 3.23. The van der Waals surface area contributed by atoms with E-state index in [4.69, 9.17) is 15.6 Å². The Kier molecular flexibility index (Phi) is 3.59. The molecule has 0 unspecified atom stereocenters. The Labute approximate surface area is 108 Å². The molecule has 3 atom stereocenters. The highest BCUT2D eigenvalue weighted by atomic mass is 16.6. The number of aromatic nitrogens is 2. The average Bonchev–Trinajstić information content (AvgIpc) is 2.61. The third-order valence-electron chi connectivity index (χ3n) is 3.23. The van der Waals surface area contributed by atoms with Crippen LogP contribution in [0, 0.1) is 6.92 Å². The first kappa shape index (κ1) is 13.9. The molecule has 1 fully saturated rings. The van der Waals surface area contributed by atoms with Crippen LogP contribution < -0.4 is 17.0 Å². The molecule has 0 radical (unpaired) electrons. The van der Waals surface area contributed by atoms with E-state index in [1.807, 2.05) is 0 Å². The quantitative estimate of drug-likeness (QED) is 0.500. The molecule has 8 heteroatoms. The number of ether oxygens (including phenoxy) is 1. The molecule has 1 aliphatic heterocycles. The van der Waals surface area contributed by atoms with Crippen LogP contribution in [0.2, 0.25) is 0 Å². The molecule has 1 aromatic heterocycles. The third kappa shape index (κ3) is 2.47. The molecule has 0 aliphatic carbocycles. The molecule has 0 saturated carbocycles. The largest absolute Gasteiger partial charge is 0.396 e. The Morgan fingerprint density at radius 2 is 2.32 bits per heavy atom. The number of nitrogens with two attached hydrogens (primary N) is 1. The molecule has 19 heavy (non-hydrogen) atoms. The second-order valence-electron chi connectivity index (χ2n) is 4.73. The summed E-state index contributed by atoms with van der Waals surface area (Å²) in [6.45, 7) is 1.38. The van der Waals surface area contributed by atoms with Gasteiger partial charge in [0.15, 0.2) is 0 Å². The van der Waals surface area contributed by atoms with Crippen molar-refractivity contribution in [2.24, 2.45) is 5.73 Å². The molecule has 0 spiro atoms. The highest BCUT2D eigenvalue weighted by Crippen LogP contribution is 2.31. The number of aliphatic hydroxyl groups excluding tert-OH is 2. The van der Waals surface area contributed by atoms with Gasteiger partial charge < -0.3 is 14.9 Å². The lowest BCUT2D eigenvalue weighted by atomic mass is 10.1. The molecule has 1 aliphatic rings. The van der Waals surface area contributed by atoms with E-state index in [1.165, 1.54) is 13.1 Å². The first-order valence-corrected chi connectivity index (χ1v) is 5.96. The highest BCUT2D eigenvalue weighted by molar-refractivity contribution is 5.03. The van der Waals surface area contributed by atoms with Gasteiger partial charge in [0.25, 0.3) is 5.56 Å². The lowest BCUT2D eigenvalue weighted by Gasteiger charge is -2.26. The zero-order valence-corrected chi connectivity index (χ0v) is 10.5. The topological polar surface area (TPSA) is 131 Å². The minimum atomic E-state index is -1.52. The minimum Gasteiger partial charge on any atom is -0.396 e. The average molecular weight is 271 g/mol. The fraction of sp³-hybridized carbons (Fsp3) is 0.636. The molecule has 5 N–H and O–H groups in total. The van der Waals surface area contributed by atoms with Crippen molar-refractivity contribution in [3.8, 4) is 0 Å². The minimum absolute atomic E-state index is 0.00303. The molecular weight excluding hydrogens is 254 g/mol. The zero-order chi connectivity index (χ0) is 14.2. The van der Waals surface area contributed by atoms with Gasteiger partial charge in [0.05, 0.1) is 12.2 Å². The van der Waals surface area contributed by atoms with Crippen molar-refractivity contribution in [3.63, 3.8) is 0 Å². The van der Waals surface area contributed by atoms with Crippen molar-refractivity contribution in [3.05, 3.63) is 32.6 Å². The number of aliphatic hydroxyl groups is 2. The number of nitrogens with zero attached hydrogens (tertiary/aromatic N) is 1. The van der Waals surface area contributed by atoms with Crippen LogP contribution in [0.1, 0.15) is 18.4 Å². The van der Waals surface area contributed by atoms with Gasteiger partial charge >= 0.3 is 5.69 Å². The molecule has 0 bridgehead atoms. The molecule has 2 rings (SSSR count). The number of H-pyrrole nitrogens is 1. The van der Waals surface area contributed by atoms with Crippen molar-refractivity contribution in [1.82, 2.24) is 9.55 Å². The van der Waals surface area contributed by atoms with Gasteiger partial charge in [-0.1, -0.05) is 0 Å². The second kappa shape index (κ2) is 4.89. The maximum Gasteiger partial charge on any atom is 0.331 e. The van der Waals surface area contributed by atoms with Crippen LogP contribution in [0.25, 0.3) is 0 Å². The summed E-state index contributed by atoms with van der Waals surface area (Å²) in [6.07, 6.45) is 0.000525. The fourth-order valence-corrected chi connectivity index (χ4v) is 2.20. The predicted octanol–water partition coefficient (Wildman–Crippen LogP) is -2.05. The normalized spacial score (nSPS) is 30.7. The maximum atomic E-state index is 11.8. The van der Waals surface area contributed by atoms with Gasteiger partial charge in [0, 0.05) is 24.8 Å². The van der Waals surface area contributed by atoms with Crippen LogP contribution >= 0.6 is 0 Å². The maximum absolute atomic E-state index is 11.8. The van der Waals surface area contributed by atoms with E-state index in [9.17, 15) is 14.7 Å². The van der Waals surface area contributed by atoms with Crippen LogP contribution in [0.5, 0.6) is 0 Å². The van der Waals surface area contributed by atoms with E-state index in [1.54, 1.807) is 0 Å². The first-order chi connectivity index (χ1) is 8.87. The van der Waals surface area contributed by atoms with Gasteiger partial charge in [-0.2, -0.15) is 0 Å². The van der Waals surface area contributed by atoms with Gasteiger partial charge in [0.2, 0.25) is 5.85 Å². The van der Waals surface area contributed by atoms with Crippen molar-refractivity contribution < 1.29 is 14.9 Å². The Morgan fingerprint density at radius 3 is 2.95 bits per heavy atom. The van der Waals surface area contributed by atoms with Gasteiger partial charge in [-0.25, -0.2) is 4.79 Å². The van der Waals surface area contributed by atoms with E-state index in [-0.39, 0.29) is 19.4 Å². The van der Waals surface area contributed by atoms with Crippen LogP contribution in [-0.4, -0.2) is 38.6 Å². The van der Waals surface area contributed by atoms with Crippen LogP contribution in [0.15, 0.2) is 15.8 Å². The molecule has 0 aromatic carbocycles. The van der Waals surface area contributed by atoms with Crippen molar-refractivity contribution in [1.29, 1.82) is 0 Å². The van der Waals surface area contributed by atoms with Gasteiger partial charge in [-0.15, -0.1) is 0 Å². The smallest absolute Gasteiger partial charge is 0.331 e. The highest BCUT2D eigenvalue weighted by Gasteiger charge is 2.45. The number of rotatable bonds is 3. The van der Waals surface area contributed by atoms with E-state index in [0.29, 0.717) is 5.56 Å². The summed E-state index contributed by atoms with van der Waals surface area (Å²) in [5.41, 5.74) is 5.11. The molecular formula is C11H17N3O5. The molecule has 1 aromatic rings. The van der Waals surface area contributed by atoms with E-state index in [2.05, 4.69) is 4.98 Å². The summed E-state index contributed by atoms with van der Waals surface area (Å²) in [5, 5.41) is 18.7. The Hall–Kier alpha value is -1.48. The second-order valence-corrected chi connectivity index (χ2v) is 4.73. The Bertz CT molecular complexity index is 580. The molecule has 1 saturated heterocycles. The van der Waals surface area contributed by atoms with Crippen LogP contribution in [-0.2, 0) is 10.6 Å². The van der Waals surface area contributed by atoms with Crippen molar-refractivity contribution in [2.75, 3.05) is 6.61 Å². The fourth-order valence-electron chi connectivity index (χ4n) is 2.20. The summed E-state index contributed by atoms with van der Waals surface area (Å²) in [7, 11) is 0. The molecule has 106 valence electrons. The number of aryl methyl sites for hydroxylation is 1. The molecule has 2 heterocycles. The lowest BCUT2D eigenvalue weighted by molar-refractivity contribution is -0.107. The van der Waals surface area contributed by atoms with E-state index >= 15 is 0 Å². The predicted molar refractivity (Wildman–Crippen MR) is 65.4 cm³/mol. The SMILES string of the molecule is Cc1cn([C@@]2(N)C[C@H](O)[C@@H](CCO)O2)c(=O)[nH]c1=O. The number of nitrogens with one attached hydrogen (secondary N) is 1. The summed E-state index contributed by atoms with van der Waals surface area (Å²) in [6, 6.07) is 0. The monoisotopic (exact) mass is 271 g/mol. The van der Waals surface area contributed by atoms with Crippen LogP contribution in [0.3, 0.4) is 0 Å². The molecule has 8 nitrogen and oxygen atoms in total. The van der Waals surface area contributed by atoms with Gasteiger partial charge in [-0.3, -0.25) is 20.1 Å². The Balaban J connectivity index is 2.39. The van der Waals surface area contributed by atoms with Crippen molar-refractivity contribution in [2.45, 2.75) is 37.8 Å². The standard InChI is InChI=1S/C11H17N3O5/c1-6-5-14(10(18)13-9(6)17)11(12)4-7(16)8(19-11)2-3-15/h5,7-8,15-16H,2-4,12H2,1H3,(H,13,17,18)/t7-,8+,11-/m0/s1. The van der Waals surface area contributed by atoms with E-state index < -0.39 is 29.3 Å².